The Bertz CT molecular complexity index is 9940. The fourth-order valence-electron chi connectivity index (χ4n) is 20.8. The van der Waals surface area contributed by atoms with Gasteiger partial charge in [0, 0.05) is 106 Å². The molecule has 9 aromatic heterocycles. The predicted molar refractivity (Wildman–Crippen MR) is 594 cm³/mol. The zero-order chi connectivity index (χ0) is 98.4. The molecular weight excluding hydrogens is 1800 g/mol. The molecular formula is C130H80N16O. The average molecular weight is 1880 g/mol. The third-order valence-corrected chi connectivity index (χ3v) is 27.2. The Balaban J connectivity index is 0.000000104. The van der Waals surface area contributed by atoms with Crippen molar-refractivity contribution in [2.75, 3.05) is 4.90 Å². The van der Waals surface area contributed by atoms with Gasteiger partial charge in [0.05, 0.1) is 136 Å². The normalized spacial score (nSPS) is 11.4. The van der Waals surface area contributed by atoms with E-state index in [1.165, 1.54) is 65.2 Å². The first-order chi connectivity index (χ1) is 72.8. The average Bonchev–Trinajstić information content (AvgIpc) is 1.55. The lowest BCUT2D eigenvalue weighted by atomic mass is 10.0. The van der Waals surface area contributed by atoms with Crippen LogP contribution in [-0.2, 0) is 0 Å². The summed E-state index contributed by atoms with van der Waals surface area (Å²) >= 11 is 0. The summed E-state index contributed by atoms with van der Waals surface area (Å²) in [5, 5.41) is 31.4. The van der Waals surface area contributed by atoms with E-state index in [1.54, 1.807) is 36.7 Å². The molecule has 0 bridgehead atoms. The van der Waals surface area contributed by atoms with Crippen LogP contribution in [0.15, 0.2) is 486 Å². The molecule has 1 aliphatic heterocycles. The number of aromatic nitrogens is 11. The van der Waals surface area contributed by atoms with Crippen LogP contribution in [0.1, 0.15) is 11.3 Å². The Morgan fingerprint density at radius 1 is 0.238 bits per heavy atom. The lowest BCUT2D eigenvalue weighted by Gasteiger charge is -2.33. The third-order valence-electron chi connectivity index (χ3n) is 27.2. The summed E-state index contributed by atoms with van der Waals surface area (Å²) in [6.45, 7) is 14.9. The van der Waals surface area contributed by atoms with Crippen LogP contribution in [0.5, 0.6) is 11.5 Å². The summed E-state index contributed by atoms with van der Waals surface area (Å²) in [6.07, 6.45) is 3.39. The molecule has 147 heavy (non-hydrogen) atoms. The van der Waals surface area contributed by atoms with E-state index in [4.69, 9.17) is 32.8 Å². The molecule has 0 radical (unpaired) electrons. The van der Waals surface area contributed by atoms with E-state index in [0.717, 1.165) is 157 Å². The lowest BCUT2D eigenvalue weighted by molar-refractivity contribution is 0.477. The van der Waals surface area contributed by atoms with Crippen molar-refractivity contribution >= 4 is 138 Å². The van der Waals surface area contributed by atoms with E-state index < -0.39 is 0 Å². The van der Waals surface area contributed by atoms with Gasteiger partial charge in [-0.15, -0.1) is 0 Å². The SMILES string of the molecule is N#Cc1cc(-c2ccccc2)nc(-c2ccccc2-n2c3ccccc3c3cc(-n4c5ccccc5c5ccccc54)ccc32)n1.N#Cc1ccnc(-c2ccccc2-n2c3ccccc3c3cc4c(cc32)c2ccccc2n4-c2ccccc2)c1.[C-]#[N+]c1cc(-c2ccccc2)nc(-c2ccccc2-n2c3ccccc3c3ccccc32)n1.[C-]#[N+]c1ccnc(-c2ccccc2N2c3ccccc3Oc3ccccc32)c1. The molecule has 1 aliphatic rings. The standard InChI is InChI=1S/C41H25N5.C36H22N4.C29H18N4.C24H15N3O/c42-26-28-24-35(27-12-2-1-3-13-27)44-41(43-28)33-17-7-11-21-39(33)46-38-20-10-6-16-32(38)34-25-29(22-23-40(34)46)45-36-18-8-4-14-30(36)31-15-5-9-19-37(31)45;37-23-24-18-19-38-31(20-24)28-14-6-9-17-34(28)40-33-16-8-5-13-27(33)30-21-35-29(22-36(30)40)26-12-4-7-15-32(26)39(35)25-10-2-1-3-11-25;1-30-28-19-24(20-11-3-2-4-12-20)31-29(32-28)23-15-7-10-18-27(23)33-25-16-8-5-13-21(25)22-14-6-9-17-26(22)33;1-25-17-14-15-26-19(16-17)18-8-2-3-9-20(18)27-21-10-4-6-12-23(21)28-24-13-7-5-11-22(24)27/h1-25H;1-22H;2-19H;2-16H. The van der Waals surface area contributed by atoms with Crippen LogP contribution in [-0.4, -0.2) is 52.7 Å². The Morgan fingerprint density at radius 2 is 0.592 bits per heavy atom. The van der Waals surface area contributed by atoms with Gasteiger partial charge < -0.3 is 37.3 Å². The number of pyridine rings is 2. The molecule has 686 valence electrons. The number of anilines is 3. The zero-order valence-electron chi connectivity index (χ0n) is 78.8. The summed E-state index contributed by atoms with van der Waals surface area (Å²) in [6, 6.07) is 165. The highest BCUT2D eigenvalue weighted by Crippen LogP contribution is 2.53. The molecule has 0 amide bonds. The minimum Gasteiger partial charge on any atom is -0.453 e. The van der Waals surface area contributed by atoms with Crippen LogP contribution in [0.3, 0.4) is 0 Å². The number of hydrogen-bond donors (Lipinski definition) is 0. The van der Waals surface area contributed by atoms with Crippen molar-refractivity contribution in [3.8, 4) is 120 Å². The number of ether oxygens (including phenoxy) is 1. The molecule has 0 atom stereocenters. The highest BCUT2D eigenvalue weighted by molar-refractivity contribution is 6.20. The number of fused-ring (bicyclic) bond motifs is 17. The van der Waals surface area contributed by atoms with Gasteiger partial charge in [-0.2, -0.15) is 10.5 Å². The first-order valence-electron chi connectivity index (χ1n) is 48.2. The van der Waals surface area contributed by atoms with Gasteiger partial charge in [0.25, 0.3) is 11.6 Å². The second-order valence-corrected chi connectivity index (χ2v) is 35.6. The fraction of sp³-hybridized carbons (Fsp3) is 0. The van der Waals surface area contributed by atoms with E-state index in [2.05, 4.69) is 331 Å². The van der Waals surface area contributed by atoms with Gasteiger partial charge in [0.2, 0.25) is 0 Å². The Labute approximate surface area is 844 Å². The summed E-state index contributed by atoms with van der Waals surface area (Å²) in [5.74, 6) is 3.00. The molecule has 18 aromatic carbocycles. The topological polar surface area (TPSA) is 171 Å². The van der Waals surface area contributed by atoms with E-state index in [1.807, 2.05) is 182 Å². The van der Waals surface area contributed by atoms with Gasteiger partial charge in [-0.3, -0.25) is 9.97 Å². The number of para-hydroxylation sites is 16. The molecule has 17 heteroatoms. The van der Waals surface area contributed by atoms with E-state index in [9.17, 15) is 10.5 Å². The van der Waals surface area contributed by atoms with Crippen molar-refractivity contribution < 1.29 is 4.74 Å². The second kappa shape index (κ2) is 37.6. The molecule has 0 unspecified atom stereocenters. The van der Waals surface area contributed by atoms with Crippen molar-refractivity contribution in [1.82, 2.24) is 52.7 Å². The molecule has 0 spiro atoms. The number of hydrogen-bond acceptors (Lipinski definition) is 10. The summed E-state index contributed by atoms with van der Waals surface area (Å²) < 4.78 is 17.7. The molecule has 0 aliphatic carbocycles. The maximum Gasteiger partial charge on any atom is 0.274 e. The minimum atomic E-state index is 0.330. The second-order valence-electron chi connectivity index (χ2n) is 35.6. The van der Waals surface area contributed by atoms with Crippen LogP contribution in [0.25, 0.3) is 215 Å². The number of nitriles is 2. The smallest absolute Gasteiger partial charge is 0.274 e. The predicted octanol–water partition coefficient (Wildman–Crippen LogP) is 33.0. The van der Waals surface area contributed by atoms with Crippen LogP contribution in [0.2, 0.25) is 0 Å². The van der Waals surface area contributed by atoms with Gasteiger partial charge >= 0.3 is 0 Å². The van der Waals surface area contributed by atoms with Crippen LogP contribution in [0.4, 0.5) is 28.6 Å². The lowest BCUT2D eigenvalue weighted by Crippen LogP contribution is -2.16. The van der Waals surface area contributed by atoms with Gasteiger partial charge in [0.15, 0.2) is 23.0 Å². The molecule has 0 saturated heterocycles. The number of rotatable bonds is 12. The highest BCUT2D eigenvalue weighted by atomic mass is 16.5. The summed E-state index contributed by atoms with van der Waals surface area (Å²) in [4.78, 5) is 37.7. The quantitative estimate of drug-likeness (QED) is 0.107. The van der Waals surface area contributed by atoms with Crippen LogP contribution >= 0.6 is 0 Å². The fourth-order valence-corrected chi connectivity index (χ4v) is 20.8. The monoisotopic (exact) mass is 1880 g/mol. The van der Waals surface area contributed by atoms with Crippen molar-refractivity contribution in [3.63, 3.8) is 0 Å². The highest BCUT2D eigenvalue weighted by Gasteiger charge is 2.30. The zero-order valence-corrected chi connectivity index (χ0v) is 78.8. The van der Waals surface area contributed by atoms with Crippen molar-refractivity contribution in [2.45, 2.75) is 0 Å². The molecule has 0 saturated carbocycles. The Hall–Kier alpha value is -21.0. The molecule has 28 rings (SSSR count). The van der Waals surface area contributed by atoms with Gasteiger partial charge in [-0.25, -0.2) is 19.8 Å². The van der Waals surface area contributed by atoms with E-state index in [0.29, 0.717) is 34.4 Å². The van der Waals surface area contributed by atoms with Gasteiger partial charge in [0.1, 0.15) is 11.8 Å². The van der Waals surface area contributed by atoms with Crippen molar-refractivity contribution in [2.24, 2.45) is 0 Å². The first kappa shape index (κ1) is 87.5. The molecule has 27 aromatic rings. The number of nitrogens with zero attached hydrogens (tertiary/aromatic N) is 16. The Kier molecular flexibility index (Phi) is 22.4. The van der Waals surface area contributed by atoms with Gasteiger partial charge in [-0.05, 0) is 181 Å². The van der Waals surface area contributed by atoms with E-state index in [-0.39, 0.29) is 0 Å². The first-order valence-corrected chi connectivity index (χ1v) is 48.2. The van der Waals surface area contributed by atoms with Gasteiger partial charge in [-0.1, -0.05) is 303 Å². The largest absolute Gasteiger partial charge is 0.453 e. The minimum absolute atomic E-state index is 0.330. The molecule has 0 fully saturated rings. The van der Waals surface area contributed by atoms with Crippen molar-refractivity contribution in [1.29, 1.82) is 10.5 Å². The van der Waals surface area contributed by atoms with Crippen molar-refractivity contribution in [3.05, 3.63) is 520 Å². The number of benzene rings is 18. The Morgan fingerprint density at radius 3 is 1.07 bits per heavy atom. The maximum atomic E-state index is 9.91. The summed E-state index contributed by atoms with van der Waals surface area (Å²) in [7, 11) is 0. The summed E-state index contributed by atoms with van der Waals surface area (Å²) in [5.41, 5.74) is 29.6. The maximum absolute atomic E-state index is 9.91. The third kappa shape index (κ3) is 15.7. The van der Waals surface area contributed by atoms with E-state index >= 15 is 0 Å². The van der Waals surface area contributed by atoms with Crippen LogP contribution in [0, 0.1) is 35.8 Å². The molecule has 0 N–H and O–H groups in total. The van der Waals surface area contributed by atoms with Crippen LogP contribution < -0.4 is 9.64 Å². The molecule has 17 nitrogen and oxygen atoms in total. The molecule has 10 heterocycles.